The van der Waals surface area contributed by atoms with Crippen LogP contribution >= 0.6 is 0 Å². The predicted octanol–water partition coefficient (Wildman–Crippen LogP) is 3.48. The molecule has 0 spiro atoms. The summed E-state index contributed by atoms with van der Waals surface area (Å²) in [6, 6.07) is 10.6. The summed E-state index contributed by atoms with van der Waals surface area (Å²) in [5, 5.41) is 8.41. The molecule has 3 nitrogen and oxygen atoms in total. The Hall–Kier alpha value is -1.64. The van der Waals surface area contributed by atoms with Crippen molar-refractivity contribution in [3.8, 4) is 0 Å². The van der Waals surface area contributed by atoms with Crippen molar-refractivity contribution in [3.63, 3.8) is 0 Å². The second-order valence-electron chi connectivity index (χ2n) is 4.75. The fourth-order valence-electron chi connectivity index (χ4n) is 2.38. The molecule has 2 rings (SSSR count). The van der Waals surface area contributed by atoms with E-state index in [-0.39, 0.29) is 0 Å². The third kappa shape index (κ3) is 2.45. The molecule has 0 amide bonds. The summed E-state index contributed by atoms with van der Waals surface area (Å²) < 4.78 is 2.14. The van der Waals surface area contributed by atoms with Crippen LogP contribution in [-0.4, -0.2) is 14.8 Å². The summed E-state index contributed by atoms with van der Waals surface area (Å²) in [4.78, 5) is 0. The lowest BCUT2D eigenvalue weighted by atomic mass is 9.85. The molecule has 0 N–H and O–H groups in total. The highest BCUT2D eigenvalue weighted by atomic mass is 15.3. The monoisotopic (exact) mass is 243 g/mol. The Balaban J connectivity index is 2.44. The fourth-order valence-corrected chi connectivity index (χ4v) is 2.38. The molecule has 0 aliphatic rings. The Morgan fingerprint density at radius 2 is 1.89 bits per heavy atom. The average molecular weight is 243 g/mol. The van der Waals surface area contributed by atoms with Crippen LogP contribution < -0.4 is 0 Å². The smallest absolute Gasteiger partial charge is 0.140 e. The van der Waals surface area contributed by atoms with E-state index in [0.717, 1.165) is 18.8 Å². The van der Waals surface area contributed by atoms with Crippen molar-refractivity contribution >= 4 is 0 Å². The Morgan fingerprint density at radius 3 is 2.50 bits per heavy atom. The second kappa shape index (κ2) is 5.80. The van der Waals surface area contributed by atoms with Gasteiger partial charge in [0.1, 0.15) is 12.2 Å². The van der Waals surface area contributed by atoms with E-state index in [0.29, 0.717) is 11.8 Å². The summed E-state index contributed by atoms with van der Waals surface area (Å²) in [5.74, 6) is 1.97. The Morgan fingerprint density at radius 1 is 1.17 bits per heavy atom. The van der Waals surface area contributed by atoms with Gasteiger partial charge in [0.15, 0.2) is 0 Å². The molecule has 3 heteroatoms. The number of nitrogens with zero attached hydrogens (tertiary/aromatic N) is 3. The van der Waals surface area contributed by atoms with Gasteiger partial charge in [0, 0.05) is 12.5 Å². The van der Waals surface area contributed by atoms with E-state index in [1.54, 1.807) is 0 Å². The van der Waals surface area contributed by atoms with Crippen LogP contribution in [0.15, 0.2) is 36.7 Å². The number of hydrogen-bond acceptors (Lipinski definition) is 2. The van der Waals surface area contributed by atoms with Gasteiger partial charge < -0.3 is 4.57 Å². The molecule has 2 unspecified atom stereocenters. The lowest BCUT2D eigenvalue weighted by Gasteiger charge is -2.23. The number of rotatable bonds is 5. The Labute approximate surface area is 109 Å². The van der Waals surface area contributed by atoms with Gasteiger partial charge in [-0.1, -0.05) is 50.6 Å². The third-order valence-electron chi connectivity index (χ3n) is 3.64. The highest BCUT2D eigenvalue weighted by Crippen LogP contribution is 2.32. The van der Waals surface area contributed by atoms with Crippen molar-refractivity contribution in [2.24, 2.45) is 5.92 Å². The van der Waals surface area contributed by atoms with E-state index in [1.807, 2.05) is 6.33 Å². The lowest BCUT2D eigenvalue weighted by Crippen LogP contribution is -2.16. The van der Waals surface area contributed by atoms with Crippen LogP contribution in [0.2, 0.25) is 0 Å². The lowest BCUT2D eigenvalue weighted by molar-refractivity contribution is 0.462. The molecule has 0 radical (unpaired) electrons. The van der Waals surface area contributed by atoms with Crippen molar-refractivity contribution in [1.82, 2.24) is 14.8 Å². The van der Waals surface area contributed by atoms with E-state index >= 15 is 0 Å². The normalized spacial score (nSPS) is 14.4. The molecule has 0 fully saturated rings. The van der Waals surface area contributed by atoms with Crippen LogP contribution in [-0.2, 0) is 6.54 Å². The molecule has 2 atom stereocenters. The summed E-state index contributed by atoms with van der Waals surface area (Å²) in [6.07, 6.45) is 2.96. The zero-order valence-corrected chi connectivity index (χ0v) is 11.4. The van der Waals surface area contributed by atoms with Crippen LogP contribution in [0, 0.1) is 5.92 Å². The molecule has 1 heterocycles. The molecule has 0 saturated heterocycles. The van der Waals surface area contributed by atoms with E-state index in [1.165, 1.54) is 5.56 Å². The molecule has 1 aromatic carbocycles. The van der Waals surface area contributed by atoms with Crippen LogP contribution in [0.4, 0.5) is 0 Å². The molecule has 0 aliphatic heterocycles. The van der Waals surface area contributed by atoms with E-state index < -0.39 is 0 Å². The quantitative estimate of drug-likeness (QED) is 0.805. The zero-order chi connectivity index (χ0) is 13.0. The highest BCUT2D eigenvalue weighted by molar-refractivity contribution is 5.26. The van der Waals surface area contributed by atoms with Gasteiger partial charge >= 0.3 is 0 Å². The first-order chi connectivity index (χ1) is 8.77. The van der Waals surface area contributed by atoms with Gasteiger partial charge in [0.25, 0.3) is 0 Å². The second-order valence-corrected chi connectivity index (χ2v) is 4.75. The summed E-state index contributed by atoms with van der Waals surface area (Å²) in [5.41, 5.74) is 1.33. The van der Waals surface area contributed by atoms with Crippen molar-refractivity contribution in [1.29, 1.82) is 0 Å². The Kier molecular flexibility index (Phi) is 4.13. The summed E-state index contributed by atoms with van der Waals surface area (Å²) in [6.45, 7) is 7.56. The molecule has 0 aliphatic carbocycles. The third-order valence-corrected chi connectivity index (χ3v) is 3.64. The van der Waals surface area contributed by atoms with Gasteiger partial charge in [0.05, 0.1) is 0 Å². The summed E-state index contributed by atoms with van der Waals surface area (Å²) >= 11 is 0. The molecule has 2 aromatic rings. The van der Waals surface area contributed by atoms with Crippen molar-refractivity contribution in [2.45, 2.75) is 39.7 Å². The van der Waals surface area contributed by atoms with Crippen LogP contribution in [0.1, 0.15) is 44.5 Å². The van der Waals surface area contributed by atoms with Gasteiger partial charge in [-0.3, -0.25) is 0 Å². The van der Waals surface area contributed by atoms with Gasteiger partial charge in [-0.05, 0) is 18.4 Å². The van der Waals surface area contributed by atoms with E-state index in [2.05, 4.69) is 65.9 Å². The number of benzene rings is 1. The minimum atomic E-state index is 0.332. The number of aryl methyl sites for hydroxylation is 1. The topological polar surface area (TPSA) is 30.7 Å². The van der Waals surface area contributed by atoms with Gasteiger partial charge in [-0.15, -0.1) is 10.2 Å². The van der Waals surface area contributed by atoms with Crippen molar-refractivity contribution in [2.75, 3.05) is 0 Å². The first-order valence-corrected chi connectivity index (χ1v) is 6.70. The van der Waals surface area contributed by atoms with Gasteiger partial charge in [-0.2, -0.15) is 0 Å². The number of hydrogen-bond donors (Lipinski definition) is 0. The molecular weight excluding hydrogens is 222 g/mol. The fraction of sp³-hybridized carbons (Fsp3) is 0.467. The number of aromatic nitrogens is 3. The van der Waals surface area contributed by atoms with Crippen LogP contribution in [0.3, 0.4) is 0 Å². The van der Waals surface area contributed by atoms with Gasteiger partial charge in [-0.25, -0.2) is 0 Å². The predicted molar refractivity (Wildman–Crippen MR) is 73.4 cm³/mol. The maximum Gasteiger partial charge on any atom is 0.140 e. The highest BCUT2D eigenvalue weighted by Gasteiger charge is 2.24. The SMILES string of the molecule is CCC(C)C(c1ccccc1)c1nncn1CC. The van der Waals surface area contributed by atoms with E-state index in [9.17, 15) is 0 Å². The van der Waals surface area contributed by atoms with E-state index in [4.69, 9.17) is 0 Å². The molecule has 96 valence electrons. The minimum absolute atomic E-state index is 0.332. The first-order valence-electron chi connectivity index (χ1n) is 6.70. The average Bonchev–Trinajstić information content (AvgIpc) is 2.88. The molecule has 1 aromatic heterocycles. The first kappa shape index (κ1) is 12.8. The van der Waals surface area contributed by atoms with Crippen LogP contribution in [0.5, 0.6) is 0 Å². The summed E-state index contributed by atoms with van der Waals surface area (Å²) in [7, 11) is 0. The molecular formula is C15H21N3. The largest absolute Gasteiger partial charge is 0.317 e. The van der Waals surface area contributed by atoms with Crippen molar-refractivity contribution in [3.05, 3.63) is 48.0 Å². The maximum atomic E-state index is 4.35. The van der Waals surface area contributed by atoms with Gasteiger partial charge in [0.2, 0.25) is 0 Å². The van der Waals surface area contributed by atoms with Crippen LogP contribution in [0.25, 0.3) is 0 Å². The molecule has 18 heavy (non-hydrogen) atoms. The Bertz CT molecular complexity index is 475. The molecule has 0 saturated carbocycles. The maximum absolute atomic E-state index is 4.35. The zero-order valence-electron chi connectivity index (χ0n) is 11.4. The minimum Gasteiger partial charge on any atom is -0.317 e. The van der Waals surface area contributed by atoms with Crippen molar-refractivity contribution < 1.29 is 0 Å². The standard InChI is InChI=1S/C15H21N3/c1-4-12(3)14(13-9-7-6-8-10-13)15-17-16-11-18(15)5-2/h6-12,14H,4-5H2,1-3H3. The molecule has 0 bridgehead atoms.